The molecule has 0 aliphatic carbocycles. The Kier molecular flexibility index (Phi) is 4.25. The summed E-state index contributed by atoms with van der Waals surface area (Å²) < 4.78 is 2.04. The molecule has 0 radical (unpaired) electrons. The number of likely N-dealkylation sites (N-methyl/N-ethyl adjacent to an activating group) is 1. The predicted octanol–water partition coefficient (Wildman–Crippen LogP) is 3.07. The first-order valence-corrected chi connectivity index (χ1v) is 7.05. The summed E-state index contributed by atoms with van der Waals surface area (Å²) in [6, 6.07) is 8.54. The van der Waals surface area contributed by atoms with Gasteiger partial charge in [0.1, 0.15) is 6.54 Å². The van der Waals surface area contributed by atoms with Crippen LogP contribution in [-0.2, 0) is 17.8 Å². The number of hydrogen-bond donors (Lipinski definition) is 0. The number of aromatic nitrogens is 1. The van der Waals surface area contributed by atoms with Gasteiger partial charge in [-0.1, -0.05) is 13.0 Å². The van der Waals surface area contributed by atoms with Gasteiger partial charge in [-0.2, -0.15) is 0 Å². The maximum Gasteiger partial charge on any atom is 0.242 e. The van der Waals surface area contributed by atoms with Crippen LogP contribution >= 0.6 is 0 Å². The third-order valence-corrected chi connectivity index (χ3v) is 3.67. The van der Waals surface area contributed by atoms with Crippen LogP contribution in [0, 0.1) is 0 Å². The summed E-state index contributed by atoms with van der Waals surface area (Å²) in [6.45, 7) is 8.16. The van der Waals surface area contributed by atoms with E-state index in [1.165, 1.54) is 10.9 Å². The topological polar surface area (TPSA) is 25.2 Å². The molecular weight excluding hydrogens is 236 g/mol. The zero-order valence-electron chi connectivity index (χ0n) is 12.0. The number of aryl methyl sites for hydroxylation is 1. The highest BCUT2D eigenvalue weighted by Gasteiger charge is 2.11. The molecule has 3 heteroatoms. The lowest BCUT2D eigenvalue weighted by molar-refractivity contribution is -0.131. The van der Waals surface area contributed by atoms with Gasteiger partial charge in [-0.25, -0.2) is 0 Å². The molecule has 0 saturated carbocycles. The lowest BCUT2D eigenvalue weighted by Crippen LogP contribution is -2.33. The number of rotatable bonds is 5. The van der Waals surface area contributed by atoms with E-state index in [1.54, 1.807) is 0 Å². The van der Waals surface area contributed by atoms with Crippen molar-refractivity contribution in [1.82, 2.24) is 9.47 Å². The Balaban J connectivity index is 2.24. The fraction of sp³-hybridized carbons (Fsp3) is 0.438. The van der Waals surface area contributed by atoms with Crippen LogP contribution in [0.4, 0.5) is 0 Å². The monoisotopic (exact) mass is 258 g/mol. The maximum absolute atomic E-state index is 12.1. The predicted molar refractivity (Wildman–Crippen MR) is 79.2 cm³/mol. The highest BCUT2D eigenvalue weighted by molar-refractivity contribution is 5.83. The van der Waals surface area contributed by atoms with Crippen LogP contribution < -0.4 is 0 Å². The van der Waals surface area contributed by atoms with Crippen LogP contribution in [0.15, 0.2) is 30.5 Å². The number of amides is 1. The number of benzene rings is 1. The number of carbonyl (C=O) groups excluding carboxylic acids is 1. The van der Waals surface area contributed by atoms with Gasteiger partial charge >= 0.3 is 0 Å². The lowest BCUT2D eigenvalue weighted by Gasteiger charge is -2.19. The van der Waals surface area contributed by atoms with Crippen molar-refractivity contribution in [3.63, 3.8) is 0 Å². The molecule has 0 bridgehead atoms. The maximum atomic E-state index is 12.1. The molecule has 0 spiro atoms. The first kappa shape index (κ1) is 13.7. The molecule has 0 aliphatic heterocycles. The van der Waals surface area contributed by atoms with E-state index >= 15 is 0 Å². The SMILES string of the molecule is CCc1ccc2c(ccn2CC(=O)N(CC)CC)c1. The van der Waals surface area contributed by atoms with Crippen LogP contribution in [0.3, 0.4) is 0 Å². The Bertz CT molecular complexity index is 567. The Morgan fingerprint density at radius 3 is 2.53 bits per heavy atom. The first-order chi connectivity index (χ1) is 9.19. The van der Waals surface area contributed by atoms with Crippen LogP contribution in [0.2, 0.25) is 0 Å². The molecule has 0 saturated heterocycles. The van der Waals surface area contributed by atoms with Gasteiger partial charge in [-0.05, 0) is 49.4 Å². The normalized spacial score (nSPS) is 10.9. The summed E-state index contributed by atoms with van der Waals surface area (Å²) in [4.78, 5) is 14.0. The van der Waals surface area contributed by atoms with Gasteiger partial charge in [-0.3, -0.25) is 4.79 Å². The molecule has 0 fully saturated rings. The van der Waals surface area contributed by atoms with E-state index in [1.807, 2.05) is 29.5 Å². The van der Waals surface area contributed by atoms with Gasteiger partial charge in [0.05, 0.1) is 0 Å². The van der Waals surface area contributed by atoms with Crippen molar-refractivity contribution in [2.24, 2.45) is 0 Å². The zero-order valence-corrected chi connectivity index (χ0v) is 12.0. The van der Waals surface area contributed by atoms with Crippen molar-refractivity contribution in [2.75, 3.05) is 13.1 Å². The van der Waals surface area contributed by atoms with Crippen LogP contribution in [-0.4, -0.2) is 28.5 Å². The standard InChI is InChI=1S/C16H22N2O/c1-4-13-7-8-15-14(11-13)9-10-18(15)12-16(19)17(5-2)6-3/h7-11H,4-6,12H2,1-3H3. The van der Waals surface area contributed by atoms with Crippen molar-refractivity contribution < 1.29 is 4.79 Å². The van der Waals surface area contributed by atoms with Crippen LogP contribution in [0.25, 0.3) is 10.9 Å². The van der Waals surface area contributed by atoms with Crippen molar-refractivity contribution in [3.8, 4) is 0 Å². The molecule has 19 heavy (non-hydrogen) atoms. The van der Waals surface area contributed by atoms with E-state index in [4.69, 9.17) is 0 Å². The minimum Gasteiger partial charge on any atom is -0.342 e. The second kappa shape index (κ2) is 5.91. The van der Waals surface area contributed by atoms with Gasteiger partial charge in [0.15, 0.2) is 0 Å². The van der Waals surface area contributed by atoms with Crippen molar-refractivity contribution in [2.45, 2.75) is 33.7 Å². The minimum absolute atomic E-state index is 0.182. The Labute approximate surface area is 114 Å². The van der Waals surface area contributed by atoms with Crippen molar-refractivity contribution in [3.05, 3.63) is 36.0 Å². The summed E-state index contributed by atoms with van der Waals surface area (Å²) in [6.07, 6.45) is 3.05. The molecule has 102 valence electrons. The Morgan fingerprint density at radius 1 is 1.16 bits per heavy atom. The molecule has 0 aliphatic rings. The summed E-state index contributed by atoms with van der Waals surface area (Å²) in [5, 5.41) is 1.21. The molecule has 0 unspecified atom stereocenters. The number of fused-ring (bicyclic) bond motifs is 1. The molecule has 1 amide bonds. The molecule has 1 heterocycles. The van der Waals surface area contributed by atoms with Gasteiger partial charge in [0.25, 0.3) is 0 Å². The molecule has 3 nitrogen and oxygen atoms in total. The highest BCUT2D eigenvalue weighted by Crippen LogP contribution is 2.18. The fourth-order valence-electron chi connectivity index (χ4n) is 2.43. The van der Waals surface area contributed by atoms with E-state index in [9.17, 15) is 4.79 Å². The number of hydrogen-bond acceptors (Lipinski definition) is 1. The summed E-state index contributed by atoms with van der Waals surface area (Å²) >= 11 is 0. The summed E-state index contributed by atoms with van der Waals surface area (Å²) in [5.41, 5.74) is 2.47. The van der Waals surface area contributed by atoms with E-state index < -0.39 is 0 Å². The van der Waals surface area contributed by atoms with Crippen molar-refractivity contribution in [1.29, 1.82) is 0 Å². The van der Waals surface area contributed by atoms with E-state index in [0.29, 0.717) is 6.54 Å². The quantitative estimate of drug-likeness (QED) is 0.809. The summed E-state index contributed by atoms with van der Waals surface area (Å²) in [5.74, 6) is 0.182. The molecule has 0 N–H and O–H groups in total. The zero-order chi connectivity index (χ0) is 13.8. The second-order valence-corrected chi connectivity index (χ2v) is 4.76. The van der Waals surface area contributed by atoms with Crippen molar-refractivity contribution >= 4 is 16.8 Å². The van der Waals surface area contributed by atoms with Gasteiger partial charge in [0, 0.05) is 24.8 Å². The van der Waals surface area contributed by atoms with Crippen LogP contribution in [0.5, 0.6) is 0 Å². The molecule has 0 atom stereocenters. The van der Waals surface area contributed by atoms with Gasteiger partial charge in [0.2, 0.25) is 5.91 Å². The molecular formula is C16H22N2O. The second-order valence-electron chi connectivity index (χ2n) is 4.76. The van der Waals surface area contributed by atoms with E-state index in [2.05, 4.69) is 31.2 Å². The molecule has 1 aromatic heterocycles. The number of carbonyl (C=O) groups is 1. The smallest absolute Gasteiger partial charge is 0.242 e. The average Bonchev–Trinajstić information content (AvgIpc) is 2.82. The molecule has 2 rings (SSSR count). The van der Waals surface area contributed by atoms with Crippen LogP contribution in [0.1, 0.15) is 26.3 Å². The lowest BCUT2D eigenvalue weighted by atomic mass is 10.1. The molecule has 2 aromatic rings. The minimum atomic E-state index is 0.182. The fourth-order valence-corrected chi connectivity index (χ4v) is 2.43. The Morgan fingerprint density at radius 2 is 1.89 bits per heavy atom. The molecule has 1 aromatic carbocycles. The van der Waals surface area contributed by atoms with E-state index in [0.717, 1.165) is 25.0 Å². The third-order valence-electron chi connectivity index (χ3n) is 3.67. The van der Waals surface area contributed by atoms with Gasteiger partial charge < -0.3 is 9.47 Å². The van der Waals surface area contributed by atoms with Gasteiger partial charge in [-0.15, -0.1) is 0 Å². The largest absolute Gasteiger partial charge is 0.342 e. The first-order valence-electron chi connectivity index (χ1n) is 7.05. The third kappa shape index (κ3) is 2.80. The average molecular weight is 258 g/mol. The highest BCUT2D eigenvalue weighted by atomic mass is 16.2. The summed E-state index contributed by atoms with van der Waals surface area (Å²) in [7, 11) is 0. The number of nitrogens with zero attached hydrogens (tertiary/aromatic N) is 2. The van der Waals surface area contributed by atoms with E-state index in [-0.39, 0.29) is 5.91 Å². The Hall–Kier alpha value is -1.77.